The van der Waals surface area contributed by atoms with Gasteiger partial charge in [-0.1, -0.05) is 12.1 Å². The number of imidazole rings is 1. The Morgan fingerprint density at radius 1 is 0.970 bits per heavy atom. The minimum atomic E-state index is 0.263. The Bertz CT molecular complexity index is 1320. The van der Waals surface area contributed by atoms with Crippen molar-refractivity contribution in [2.75, 3.05) is 6.61 Å². The molecule has 1 saturated heterocycles. The lowest BCUT2D eigenvalue weighted by Crippen LogP contribution is -2.25. The van der Waals surface area contributed by atoms with E-state index in [1.54, 1.807) is 4.68 Å². The van der Waals surface area contributed by atoms with Crippen molar-refractivity contribution >= 4 is 11.0 Å². The fraction of sp³-hybridized carbons (Fsp3) is 0.480. The highest BCUT2D eigenvalue weighted by atomic mass is 16.5. The first-order valence-electron chi connectivity index (χ1n) is 11.9. The Kier molecular flexibility index (Phi) is 4.98. The van der Waals surface area contributed by atoms with Crippen molar-refractivity contribution in [2.45, 2.75) is 70.9 Å². The van der Waals surface area contributed by atoms with Crippen LogP contribution in [-0.4, -0.2) is 47.0 Å². The molecule has 33 heavy (non-hydrogen) atoms. The van der Waals surface area contributed by atoms with E-state index >= 15 is 0 Å². The predicted molar refractivity (Wildman–Crippen MR) is 125 cm³/mol. The van der Waals surface area contributed by atoms with Crippen molar-refractivity contribution in [2.24, 2.45) is 0 Å². The van der Waals surface area contributed by atoms with E-state index in [4.69, 9.17) is 14.7 Å². The van der Waals surface area contributed by atoms with Gasteiger partial charge in [-0.25, -0.2) is 19.9 Å². The highest BCUT2D eigenvalue weighted by molar-refractivity contribution is 5.76. The molecule has 1 unspecified atom stereocenters. The number of ether oxygens (including phenoxy) is 1. The number of fused-ring (bicyclic) bond motifs is 1. The molecular weight excluding hydrogens is 414 g/mol. The number of hydrogen-bond acceptors (Lipinski definition) is 6. The number of benzene rings is 1. The van der Waals surface area contributed by atoms with Crippen LogP contribution in [0.2, 0.25) is 0 Å². The number of aryl methyl sites for hydroxylation is 3. The van der Waals surface area contributed by atoms with Gasteiger partial charge in [0.2, 0.25) is 0 Å². The molecule has 0 bridgehead atoms. The fourth-order valence-corrected chi connectivity index (χ4v) is 5.14. The number of hydrogen-bond donors (Lipinski definition) is 0. The minimum absolute atomic E-state index is 0.263. The largest absolute Gasteiger partial charge is 0.376 e. The molecule has 1 aliphatic heterocycles. The third-order valence-corrected chi connectivity index (χ3v) is 6.78. The molecule has 0 N–H and O–H groups in total. The standard InChI is InChI=1S/C25H29N7O/c1-15-27-22(13-24(28-15)32-17(3)26-16(2)30-32)19-12-20(19)25-29-21-9-4-5-10-23(21)31(25)14-18-8-6-7-11-33-18/h4-5,9-10,13,18-20H,6-8,11-12,14H2,1-3H3/t18?,19-,20-/m1/s1. The Labute approximate surface area is 193 Å². The molecule has 1 saturated carbocycles. The highest BCUT2D eigenvalue weighted by Gasteiger charge is 2.44. The predicted octanol–water partition coefficient (Wildman–Crippen LogP) is 4.17. The highest BCUT2D eigenvalue weighted by Crippen LogP contribution is 2.54. The van der Waals surface area contributed by atoms with Crippen LogP contribution in [0, 0.1) is 20.8 Å². The second-order valence-electron chi connectivity index (χ2n) is 9.32. The zero-order valence-electron chi connectivity index (χ0n) is 19.4. The summed E-state index contributed by atoms with van der Waals surface area (Å²) in [5.74, 6) is 4.95. The van der Waals surface area contributed by atoms with E-state index in [-0.39, 0.29) is 6.10 Å². The monoisotopic (exact) mass is 443 g/mol. The molecule has 2 fully saturated rings. The topological polar surface area (TPSA) is 83.5 Å². The van der Waals surface area contributed by atoms with Crippen LogP contribution < -0.4 is 0 Å². The van der Waals surface area contributed by atoms with E-state index in [0.717, 1.165) is 66.3 Å². The Balaban J connectivity index is 1.34. The third-order valence-electron chi connectivity index (χ3n) is 6.78. The quantitative estimate of drug-likeness (QED) is 0.460. The van der Waals surface area contributed by atoms with E-state index in [9.17, 15) is 0 Å². The van der Waals surface area contributed by atoms with E-state index in [2.05, 4.69) is 50.0 Å². The van der Waals surface area contributed by atoms with Gasteiger partial charge in [0, 0.05) is 24.5 Å². The van der Waals surface area contributed by atoms with Gasteiger partial charge in [-0.05, 0) is 58.6 Å². The van der Waals surface area contributed by atoms with Crippen LogP contribution in [-0.2, 0) is 11.3 Å². The number of nitrogens with zero attached hydrogens (tertiary/aromatic N) is 7. The van der Waals surface area contributed by atoms with Crippen molar-refractivity contribution < 1.29 is 4.74 Å². The summed E-state index contributed by atoms with van der Waals surface area (Å²) < 4.78 is 10.3. The molecule has 4 heterocycles. The lowest BCUT2D eigenvalue weighted by atomic mass is 10.1. The minimum Gasteiger partial charge on any atom is -0.376 e. The average Bonchev–Trinajstić information content (AvgIpc) is 3.43. The summed E-state index contributed by atoms with van der Waals surface area (Å²) in [5.41, 5.74) is 3.31. The van der Waals surface area contributed by atoms with Gasteiger partial charge in [-0.3, -0.25) is 0 Å². The van der Waals surface area contributed by atoms with Crippen molar-refractivity contribution in [3.05, 3.63) is 59.3 Å². The Hall–Kier alpha value is -3.13. The normalized spacial score (nSPS) is 22.7. The SMILES string of the molecule is Cc1nc([C@@H]2C[C@H]2c2nc3ccccc3n2CC2CCCCO2)cc(-n2nc(C)nc2C)n1. The van der Waals surface area contributed by atoms with Crippen molar-refractivity contribution in [1.82, 2.24) is 34.3 Å². The van der Waals surface area contributed by atoms with E-state index in [1.807, 2.05) is 20.8 Å². The van der Waals surface area contributed by atoms with Crippen molar-refractivity contribution in [3.8, 4) is 5.82 Å². The fourth-order valence-electron chi connectivity index (χ4n) is 5.14. The van der Waals surface area contributed by atoms with Gasteiger partial charge in [-0.15, -0.1) is 5.10 Å². The molecule has 1 aromatic carbocycles. The maximum absolute atomic E-state index is 6.08. The summed E-state index contributed by atoms with van der Waals surface area (Å²) in [7, 11) is 0. The van der Waals surface area contributed by atoms with Gasteiger partial charge in [0.25, 0.3) is 0 Å². The molecular formula is C25H29N7O. The maximum Gasteiger partial charge on any atom is 0.159 e. The molecule has 6 rings (SSSR count). The summed E-state index contributed by atoms with van der Waals surface area (Å²) in [5, 5.41) is 4.51. The first-order chi connectivity index (χ1) is 16.1. The van der Waals surface area contributed by atoms with Crippen LogP contribution in [0.4, 0.5) is 0 Å². The van der Waals surface area contributed by atoms with Gasteiger partial charge in [-0.2, -0.15) is 4.68 Å². The zero-order valence-corrected chi connectivity index (χ0v) is 19.4. The van der Waals surface area contributed by atoms with Crippen molar-refractivity contribution in [1.29, 1.82) is 0 Å². The molecule has 170 valence electrons. The van der Waals surface area contributed by atoms with Crippen LogP contribution in [0.5, 0.6) is 0 Å². The van der Waals surface area contributed by atoms with Gasteiger partial charge >= 0.3 is 0 Å². The summed E-state index contributed by atoms with van der Waals surface area (Å²) >= 11 is 0. The zero-order chi connectivity index (χ0) is 22.5. The van der Waals surface area contributed by atoms with Gasteiger partial charge < -0.3 is 9.30 Å². The van der Waals surface area contributed by atoms with Crippen LogP contribution in [0.3, 0.4) is 0 Å². The summed E-state index contributed by atoms with van der Waals surface area (Å²) in [6, 6.07) is 10.5. The molecule has 8 heteroatoms. The number of aromatic nitrogens is 7. The molecule has 4 aromatic rings. The number of para-hydroxylation sites is 2. The Morgan fingerprint density at radius 3 is 2.64 bits per heavy atom. The van der Waals surface area contributed by atoms with Gasteiger partial charge in [0.15, 0.2) is 5.82 Å². The lowest BCUT2D eigenvalue weighted by molar-refractivity contribution is 0.00618. The van der Waals surface area contributed by atoms with Gasteiger partial charge in [0.05, 0.1) is 29.4 Å². The van der Waals surface area contributed by atoms with Crippen molar-refractivity contribution in [3.63, 3.8) is 0 Å². The third kappa shape index (κ3) is 3.82. The van der Waals surface area contributed by atoms with E-state index < -0.39 is 0 Å². The second kappa shape index (κ2) is 8.02. The molecule has 2 aliphatic rings. The van der Waals surface area contributed by atoms with Crippen LogP contribution in [0.25, 0.3) is 16.9 Å². The first-order valence-corrected chi connectivity index (χ1v) is 11.9. The Morgan fingerprint density at radius 2 is 1.85 bits per heavy atom. The maximum atomic E-state index is 6.08. The smallest absolute Gasteiger partial charge is 0.159 e. The molecule has 0 radical (unpaired) electrons. The first kappa shape index (κ1) is 20.5. The number of rotatable bonds is 5. The average molecular weight is 444 g/mol. The van der Waals surface area contributed by atoms with E-state index in [1.165, 1.54) is 18.4 Å². The summed E-state index contributed by atoms with van der Waals surface area (Å²) in [4.78, 5) is 18.9. The summed E-state index contributed by atoms with van der Waals surface area (Å²) in [6.45, 7) is 7.52. The molecule has 3 aromatic heterocycles. The lowest BCUT2D eigenvalue weighted by Gasteiger charge is -2.24. The van der Waals surface area contributed by atoms with Crippen LogP contribution >= 0.6 is 0 Å². The molecule has 3 atom stereocenters. The molecule has 8 nitrogen and oxygen atoms in total. The van der Waals surface area contributed by atoms with Crippen LogP contribution in [0.1, 0.15) is 66.5 Å². The second-order valence-corrected chi connectivity index (χ2v) is 9.32. The molecule has 1 aliphatic carbocycles. The van der Waals surface area contributed by atoms with Gasteiger partial charge in [0.1, 0.15) is 23.3 Å². The van der Waals surface area contributed by atoms with E-state index in [0.29, 0.717) is 11.8 Å². The summed E-state index contributed by atoms with van der Waals surface area (Å²) in [6.07, 6.45) is 4.83. The van der Waals surface area contributed by atoms with Crippen LogP contribution in [0.15, 0.2) is 30.3 Å². The molecule has 0 amide bonds. The molecule has 0 spiro atoms.